The van der Waals surface area contributed by atoms with Gasteiger partial charge in [-0.05, 0) is 24.0 Å². The van der Waals surface area contributed by atoms with Crippen molar-refractivity contribution in [3.8, 4) is 0 Å². The molecule has 1 aliphatic heterocycles. The topological polar surface area (TPSA) is 44.4 Å². The van der Waals surface area contributed by atoms with Crippen molar-refractivity contribution in [3.05, 3.63) is 29.3 Å². The van der Waals surface area contributed by atoms with Gasteiger partial charge >= 0.3 is 0 Å². The Morgan fingerprint density at radius 2 is 2.28 bits per heavy atom. The second-order valence-corrected chi connectivity index (χ2v) is 4.87. The molecule has 0 saturated heterocycles. The van der Waals surface area contributed by atoms with E-state index < -0.39 is 0 Å². The number of carbonyl (C=O) groups is 1. The van der Waals surface area contributed by atoms with Crippen molar-refractivity contribution in [1.29, 1.82) is 0 Å². The molecule has 1 aliphatic rings. The largest absolute Gasteiger partial charge is 0.385 e. The van der Waals surface area contributed by atoms with Crippen LogP contribution < -0.4 is 10.6 Å². The highest BCUT2D eigenvalue weighted by Gasteiger charge is 2.12. The Kier molecular flexibility index (Phi) is 4.20. The van der Waals surface area contributed by atoms with Gasteiger partial charge in [0.1, 0.15) is 0 Å². The van der Waals surface area contributed by atoms with Gasteiger partial charge in [0.15, 0.2) is 0 Å². The van der Waals surface area contributed by atoms with Crippen molar-refractivity contribution in [1.82, 2.24) is 10.2 Å². The van der Waals surface area contributed by atoms with E-state index in [9.17, 15) is 4.79 Å². The number of fused-ring (bicyclic) bond motifs is 1. The summed E-state index contributed by atoms with van der Waals surface area (Å²) in [6.45, 7) is 2.16. The van der Waals surface area contributed by atoms with Crippen LogP contribution in [0.25, 0.3) is 0 Å². The zero-order valence-electron chi connectivity index (χ0n) is 11.1. The maximum absolute atomic E-state index is 11.5. The van der Waals surface area contributed by atoms with Gasteiger partial charge in [0.25, 0.3) is 0 Å². The Bertz CT molecular complexity index is 429. The number of hydrogen-bond donors (Lipinski definition) is 2. The molecule has 0 spiro atoms. The fourth-order valence-electron chi connectivity index (χ4n) is 2.19. The number of anilines is 1. The molecule has 0 aliphatic carbocycles. The van der Waals surface area contributed by atoms with Crippen molar-refractivity contribution in [2.24, 2.45) is 0 Å². The predicted molar refractivity (Wildman–Crippen MR) is 73.7 cm³/mol. The van der Waals surface area contributed by atoms with E-state index in [0.29, 0.717) is 6.54 Å². The van der Waals surface area contributed by atoms with Crippen LogP contribution in [0.5, 0.6) is 0 Å². The molecule has 1 aromatic rings. The highest BCUT2D eigenvalue weighted by molar-refractivity contribution is 5.77. The van der Waals surface area contributed by atoms with Crippen LogP contribution in [0, 0.1) is 0 Å². The Morgan fingerprint density at radius 3 is 3.06 bits per heavy atom. The SMILES string of the molecule is CN(C)C(=O)CNCc1cccc2c1NCCC2. The molecule has 0 aromatic heterocycles. The lowest BCUT2D eigenvalue weighted by atomic mass is 9.99. The second kappa shape index (κ2) is 5.87. The fraction of sp³-hybridized carbons (Fsp3) is 0.500. The number of benzene rings is 1. The van der Waals surface area contributed by atoms with Crippen molar-refractivity contribution < 1.29 is 4.79 Å². The number of rotatable bonds is 4. The number of likely N-dealkylation sites (N-methyl/N-ethyl adjacent to an activating group) is 1. The van der Waals surface area contributed by atoms with Crippen LogP contribution in [0.2, 0.25) is 0 Å². The molecule has 4 heteroatoms. The van der Waals surface area contributed by atoms with Crippen molar-refractivity contribution in [2.75, 3.05) is 32.5 Å². The number of amides is 1. The van der Waals surface area contributed by atoms with Crippen molar-refractivity contribution in [2.45, 2.75) is 19.4 Å². The molecule has 18 heavy (non-hydrogen) atoms. The van der Waals surface area contributed by atoms with Gasteiger partial charge in [-0.1, -0.05) is 18.2 Å². The van der Waals surface area contributed by atoms with Crippen LogP contribution in [0.15, 0.2) is 18.2 Å². The molecular weight excluding hydrogens is 226 g/mol. The number of hydrogen-bond acceptors (Lipinski definition) is 3. The van der Waals surface area contributed by atoms with E-state index in [1.807, 2.05) is 0 Å². The number of carbonyl (C=O) groups excluding carboxylic acids is 1. The lowest BCUT2D eigenvalue weighted by molar-refractivity contribution is -0.127. The smallest absolute Gasteiger partial charge is 0.236 e. The van der Waals surface area contributed by atoms with Crippen LogP contribution in [0.4, 0.5) is 5.69 Å². The molecule has 4 nitrogen and oxygen atoms in total. The molecule has 0 saturated carbocycles. The lowest BCUT2D eigenvalue weighted by Crippen LogP contribution is -2.32. The van der Waals surface area contributed by atoms with Crippen LogP contribution >= 0.6 is 0 Å². The summed E-state index contributed by atoms with van der Waals surface area (Å²) in [6.07, 6.45) is 2.34. The molecule has 0 radical (unpaired) electrons. The third-order valence-electron chi connectivity index (χ3n) is 3.25. The molecule has 98 valence electrons. The molecule has 2 rings (SSSR count). The first-order chi connectivity index (χ1) is 8.68. The average Bonchev–Trinajstić information content (AvgIpc) is 2.38. The molecule has 0 unspecified atom stereocenters. The number of aryl methyl sites for hydroxylation is 1. The number of nitrogens with zero attached hydrogens (tertiary/aromatic N) is 1. The summed E-state index contributed by atoms with van der Waals surface area (Å²) >= 11 is 0. The van der Waals surface area contributed by atoms with E-state index in [1.165, 1.54) is 23.2 Å². The minimum atomic E-state index is 0.104. The van der Waals surface area contributed by atoms with E-state index in [1.54, 1.807) is 19.0 Å². The van der Waals surface area contributed by atoms with Gasteiger partial charge in [-0.3, -0.25) is 4.79 Å². The maximum atomic E-state index is 11.5. The summed E-state index contributed by atoms with van der Waals surface area (Å²) in [5.74, 6) is 0.104. The molecule has 1 amide bonds. The molecule has 0 atom stereocenters. The van der Waals surface area contributed by atoms with Gasteiger partial charge < -0.3 is 15.5 Å². The average molecular weight is 247 g/mol. The first kappa shape index (κ1) is 12.9. The van der Waals surface area contributed by atoms with Crippen molar-refractivity contribution >= 4 is 11.6 Å². The molecule has 1 aromatic carbocycles. The summed E-state index contributed by atoms with van der Waals surface area (Å²) in [5, 5.41) is 6.66. The summed E-state index contributed by atoms with van der Waals surface area (Å²) in [6, 6.07) is 6.39. The van der Waals surface area contributed by atoms with Gasteiger partial charge in [0.05, 0.1) is 6.54 Å². The Labute approximate surface area is 108 Å². The molecule has 2 N–H and O–H groups in total. The summed E-state index contributed by atoms with van der Waals surface area (Å²) in [5.41, 5.74) is 3.90. The molecular formula is C14H21N3O. The lowest BCUT2D eigenvalue weighted by Gasteiger charge is -2.21. The quantitative estimate of drug-likeness (QED) is 0.841. The first-order valence-corrected chi connectivity index (χ1v) is 6.44. The highest BCUT2D eigenvalue weighted by atomic mass is 16.2. The molecule has 1 heterocycles. The van der Waals surface area contributed by atoms with Gasteiger partial charge in [-0.25, -0.2) is 0 Å². The molecule has 0 fully saturated rings. The molecule has 0 bridgehead atoms. The third-order valence-corrected chi connectivity index (χ3v) is 3.25. The first-order valence-electron chi connectivity index (χ1n) is 6.44. The zero-order chi connectivity index (χ0) is 13.0. The minimum absolute atomic E-state index is 0.104. The van der Waals surface area contributed by atoms with Crippen LogP contribution in [0.3, 0.4) is 0 Å². The summed E-state index contributed by atoms with van der Waals surface area (Å²) < 4.78 is 0. The second-order valence-electron chi connectivity index (χ2n) is 4.87. The van der Waals surface area contributed by atoms with Gasteiger partial charge in [-0.15, -0.1) is 0 Å². The van der Waals surface area contributed by atoms with Gasteiger partial charge in [0, 0.05) is 32.9 Å². The highest BCUT2D eigenvalue weighted by Crippen LogP contribution is 2.25. The van der Waals surface area contributed by atoms with E-state index in [0.717, 1.165) is 19.5 Å². The Hall–Kier alpha value is -1.55. The van der Waals surface area contributed by atoms with Gasteiger partial charge in [-0.2, -0.15) is 0 Å². The monoisotopic (exact) mass is 247 g/mol. The van der Waals surface area contributed by atoms with Crippen LogP contribution in [-0.4, -0.2) is 38.0 Å². The van der Waals surface area contributed by atoms with Crippen LogP contribution in [-0.2, 0) is 17.8 Å². The number of para-hydroxylation sites is 1. The van der Waals surface area contributed by atoms with Crippen molar-refractivity contribution in [3.63, 3.8) is 0 Å². The fourth-order valence-corrected chi connectivity index (χ4v) is 2.19. The maximum Gasteiger partial charge on any atom is 0.236 e. The third kappa shape index (κ3) is 3.01. The normalized spacial score (nSPS) is 13.7. The van der Waals surface area contributed by atoms with Crippen LogP contribution in [0.1, 0.15) is 17.5 Å². The summed E-state index contributed by atoms with van der Waals surface area (Å²) in [4.78, 5) is 13.1. The van der Waals surface area contributed by atoms with E-state index in [4.69, 9.17) is 0 Å². The minimum Gasteiger partial charge on any atom is -0.385 e. The Morgan fingerprint density at radius 1 is 1.44 bits per heavy atom. The van der Waals surface area contributed by atoms with E-state index in [-0.39, 0.29) is 5.91 Å². The predicted octanol–water partition coefficient (Wildman–Crippen LogP) is 1.22. The Balaban J connectivity index is 1.95. The van der Waals surface area contributed by atoms with E-state index in [2.05, 4.69) is 28.8 Å². The summed E-state index contributed by atoms with van der Waals surface area (Å²) in [7, 11) is 3.55. The standard InChI is InChI=1S/C14H21N3O/c1-17(2)13(18)10-15-9-12-6-3-5-11-7-4-8-16-14(11)12/h3,5-6,15-16H,4,7-10H2,1-2H3. The van der Waals surface area contributed by atoms with Gasteiger partial charge in [0.2, 0.25) is 5.91 Å². The zero-order valence-corrected chi connectivity index (χ0v) is 11.1. The van der Waals surface area contributed by atoms with E-state index >= 15 is 0 Å². The number of nitrogens with one attached hydrogen (secondary N) is 2.